The van der Waals surface area contributed by atoms with Crippen LogP contribution < -0.4 is 21.3 Å². The van der Waals surface area contributed by atoms with Crippen molar-refractivity contribution in [2.24, 2.45) is 0 Å². The number of nitrogen functional groups attached to an aromatic ring is 1. The molecule has 34 heavy (non-hydrogen) atoms. The summed E-state index contributed by atoms with van der Waals surface area (Å²) in [6, 6.07) is 13.9. The third-order valence-electron chi connectivity index (χ3n) is 5.25. The molecule has 3 N–H and O–H groups in total. The maximum atomic E-state index is 13.3. The largest absolute Gasteiger partial charge is 0.454 e. The number of carbonyl (C=O) groups is 1. The first-order chi connectivity index (χ1) is 16.5. The van der Waals surface area contributed by atoms with Crippen LogP contribution in [0, 0.1) is 0 Å². The Morgan fingerprint density at radius 3 is 2.74 bits per heavy atom. The Kier molecular flexibility index (Phi) is 5.74. The van der Waals surface area contributed by atoms with Crippen molar-refractivity contribution < 1.29 is 14.3 Å². The number of nitrogens with one attached hydrogen (secondary N) is 1. The molecule has 5 rings (SSSR count). The van der Waals surface area contributed by atoms with Crippen molar-refractivity contribution in [2.75, 3.05) is 17.7 Å². The lowest BCUT2D eigenvalue weighted by Gasteiger charge is -2.19. The van der Waals surface area contributed by atoms with Crippen molar-refractivity contribution in [3.63, 3.8) is 0 Å². The van der Waals surface area contributed by atoms with Crippen LogP contribution in [0.3, 0.4) is 0 Å². The average Bonchev–Trinajstić information content (AvgIpc) is 3.15. The van der Waals surface area contributed by atoms with Gasteiger partial charge in [0.25, 0.3) is 11.5 Å². The molecule has 0 spiro atoms. The minimum Gasteiger partial charge on any atom is -0.454 e. The van der Waals surface area contributed by atoms with Gasteiger partial charge in [0, 0.05) is 12.3 Å². The molecule has 1 aliphatic heterocycles. The van der Waals surface area contributed by atoms with Gasteiger partial charge in [-0.05, 0) is 24.3 Å². The number of carbonyl (C=O) groups excluding carboxylic acids is 1. The molecule has 1 aliphatic rings. The zero-order valence-corrected chi connectivity index (χ0v) is 18.5. The smallest absolute Gasteiger partial charge is 0.284 e. The van der Waals surface area contributed by atoms with Gasteiger partial charge in [0.05, 0.1) is 37.3 Å². The number of aromatic nitrogens is 4. The number of nitrogens with two attached hydrogens (primary N) is 1. The summed E-state index contributed by atoms with van der Waals surface area (Å²) in [4.78, 5) is 34.5. The van der Waals surface area contributed by atoms with Gasteiger partial charge in [-0.2, -0.15) is 0 Å². The number of amides is 1. The number of para-hydroxylation sites is 1. The zero-order chi connectivity index (χ0) is 23.7. The van der Waals surface area contributed by atoms with Crippen LogP contribution in [0.1, 0.15) is 16.1 Å². The van der Waals surface area contributed by atoms with Crippen LogP contribution in [0.4, 0.5) is 11.6 Å². The minimum absolute atomic E-state index is 0.0183. The number of halogens is 1. The molecule has 1 aromatic carbocycles. The Labute approximate surface area is 198 Å². The first kappa shape index (κ1) is 21.7. The molecule has 4 aromatic rings. The summed E-state index contributed by atoms with van der Waals surface area (Å²) in [7, 11) is 0. The first-order valence-corrected chi connectivity index (χ1v) is 10.7. The second kappa shape index (κ2) is 9.00. The van der Waals surface area contributed by atoms with Crippen molar-refractivity contribution in [2.45, 2.75) is 13.2 Å². The second-order valence-corrected chi connectivity index (χ2v) is 7.77. The molecule has 10 nitrogen and oxygen atoms in total. The van der Waals surface area contributed by atoms with E-state index in [0.717, 1.165) is 0 Å². The summed E-state index contributed by atoms with van der Waals surface area (Å²) in [6.07, 6.45) is 2.90. The summed E-state index contributed by atoms with van der Waals surface area (Å²) in [5.41, 5.74) is 6.47. The van der Waals surface area contributed by atoms with Crippen LogP contribution in [0.15, 0.2) is 65.7 Å². The number of benzene rings is 1. The van der Waals surface area contributed by atoms with Crippen molar-refractivity contribution in [1.82, 2.24) is 19.3 Å². The molecule has 0 unspecified atom stereocenters. The van der Waals surface area contributed by atoms with Crippen LogP contribution in [0.5, 0.6) is 11.5 Å². The van der Waals surface area contributed by atoms with Crippen LogP contribution in [-0.4, -0.2) is 31.8 Å². The Morgan fingerprint density at radius 2 is 1.97 bits per heavy atom. The van der Waals surface area contributed by atoms with E-state index in [1.165, 1.54) is 17.1 Å². The number of anilines is 2. The van der Waals surface area contributed by atoms with Gasteiger partial charge in [-0.15, -0.1) is 0 Å². The lowest BCUT2D eigenvalue weighted by Crippen LogP contribution is -2.26. The molecule has 0 bridgehead atoms. The Balaban J connectivity index is 1.40. The molecule has 0 atom stereocenters. The number of nitrogens with zero attached hydrogens (tertiary/aromatic N) is 4. The lowest BCUT2D eigenvalue weighted by atomic mass is 10.2. The molecule has 0 saturated heterocycles. The summed E-state index contributed by atoms with van der Waals surface area (Å²) >= 11 is 6.10. The molecule has 4 heterocycles. The Bertz CT molecular complexity index is 1420. The van der Waals surface area contributed by atoms with E-state index in [4.69, 9.17) is 26.8 Å². The molecular formula is C23H19ClN6O4. The van der Waals surface area contributed by atoms with E-state index in [0.29, 0.717) is 36.0 Å². The van der Waals surface area contributed by atoms with Gasteiger partial charge in [0.15, 0.2) is 5.75 Å². The molecule has 11 heteroatoms. The molecule has 0 fully saturated rings. The highest BCUT2D eigenvalue weighted by Crippen LogP contribution is 2.32. The van der Waals surface area contributed by atoms with Crippen molar-refractivity contribution >= 4 is 29.1 Å². The summed E-state index contributed by atoms with van der Waals surface area (Å²) in [5, 5.41) is 2.87. The predicted molar refractivity (Wildman–Crippen MR) is 126 cm³/mol. The fraction of sp³-hybridized carbons (Fsp3) is 0.130. The van der Waals surface area contributed by atoms with Gasteiger partial charge < -0.3 is 20.5 Å². The number of ether oxygens (including phenoxy) is 2. The van der Waals surface area contributed by atoms with Gasteiger partial charge in [0.2, 0.25) is 0 Å². The Hall–Kier alpha value is -4.15. The van der Waals surface area contributed by atoms with Gasteiger partial charge >= 0.3 is 0 Å². The van der Waals surface area contributed by atoms with Gasteiger partial charge in [-0.3, -0.25) is 14.3 Å². The average molecular weight is 479 g/mol. The number of fused-ring (bicyclic) bond motifs is 1. The van der Waals surface area contributed by atoms with Crippen LogP contribution >= 0.6 is 11.6 Å². The highest BCUT2D eigenvalue weighted by atomic mass is 35.5. The quantitative estimate of drug-likeness (QED) is 0.451. The van der Waals surface area contributed by atoms with Crippen molar-refractivity contribution in [3.8, 4) is 17.2 Å². The molecule has 3 aromatic heterocycles. The summed E-state index contributed by atoms with van der Waals surface area (Å²) in [6.45, 7) is 1.07. The number of rotatable bonds is 5. The monoisotopic (exact) mass is 478 g/mol. The van der Waals surface area contributed by atoms with E-state index in [1.54, 1.807) is 22.9 Å². The van der Waals surface area contributed by atoms with E-state index in [2.05, 4.69) is 15.3 Å². The van der Waals surface area contributed by atoms with E-state index in [9.17, 15) is 9.59 Å². The molecule has 0 radical (unpaired) electrons. The van der Waals surface area contributed by atoms with Crippen LogP contribution in [0.25, 0.3) is 5.69 Å². The van der Waals surface area contributed by atoms with Gasteiger partial charge in [-0.1, -0.05) is 29.8 Å². The van der Waals surface area contributed by atoms with E-state index < -0.39 is 11.5 Å². The van der Waals surface area contributed by atoms with E-state index in [-0.39, 0.29) is 28.8 Å². The minimum atomic E-state index is -0.569. The van der Waals surface area contributed by atoms with Gasteiger partial charge in [0.1, 0.15) is 28.0 Å². The third kappa shape index (κ3) is 4.00. The predicted octanol–water partition coefficient (Wildman–Crippen LogP) is 3.24. The highest BCUT2D eigenvalue weighted by Gasteiger charge is 2.28. The van der Waals surface area contributed by atoms with Crippen LogP contribution in [-0.2, 0) is 17.9 Å². The number of hydrogen-bond acceptors (Lipinski definition) is 7. The molecule has 0 saturated carbocycles. The number of pyridine rings is 2. The van der Waals surface area contributed by atoms with Crippen molar-refractivity contribution in [3.05, 3.63) is 87.6 Å². The molecule has 0 aliphatic carbocycles. The highest BCUT2D eigenvalue weighted by molar-refractivity contribution is 6.34. The molecule has 1 amide bonds. The first-order valence-electron chi connectivity index (χ1n) is 10.4. The normalized spacial score (nSPS) is 12.7. The maximum Gasteiger partial charge on any atom is 0.284 e. The maximum absolute atomic E-state index is 13.3. The van der Waals surface area contributed by atoms with Gasteiger partial charge in [-0.25, -0.2) is 14.6 Å². The summed E-state index contributed by atoms with van der Waals surface area (Å²) in [5.74, 6) is 0.540. The van der Waals surface area contributed by atoms with Crippen LogP contribution in [0.2, 0.25) is 5.02 Å². The summed E-state index contributed by atoms with van der Waals surface area (Å²) < 4.78 is 14.5. The molecule has 172 valence electrons. The van der Waals surface area contributed by atoms with E-state index >= 15 is 0 Å². The standard InChI is InChI=1S/C23H19ClN6O4/c24-20-17(8-9-26-21(20)25)34-15-6-7-18(27-12-15)28-22(31)19-16-13-33-11-10-29(16)30(23(19)32)14-4-2-1-3-5-14/h1-9,12H,10-11,13H2,(H2,25,26)(H,27,28,31). The fourth-order valence-corrected chi connectivity index (χ4v) is 3.84. The second-order valence-electron chi connectivity index (χ2n) is 7.39. The fourth-order valence-electron chi connectivity index (χ4n) is 3.68. The Morgan fingerprint density at radius 1 is 1.15 bits per heavy atom. The molecular weight excluding hydrogens is 460 g/mol. The third-order valence-corrected chi connectivity index (χ3v) is 5.63. The lowest BCUT2D eigenvalue weighted by molar-refractivity contribution is 0.0756. The van der Waals surface area contributed by atoms with E-state index in [1.807, 2.05) is 30.3 Å². The van der Waals surface area contributed by atoms with Crippen molar-refractivity contribution in [1.29, 1.82) is 0 Å². The SMILES string of the molecule is Nc1nccc(Oc2ccc(NC(=O)c3c4n(n(-c5ccccc5)c3=O)CCOC4)nc2)c1Cl. The number of hydrogen-bond donors (Lipinski definition) is 2. The zero-order valence-electron chi connectivity index (χ0n) is 17.8. The topological polar surface area (TPSA) is 126 Å².